The van der Waals surface area contributed by atoms with Gasteiger partial charge in [0.05, 0.1) is 30.6 Å². The topological polar surface area (TPSA) is 71.6 Å². The minimum atomic E-state index is -0.524. The van der Waals surface area contributed by atoms with E-state index < -0.39 is 6.10 Å². The standard InChI is InChI=1S/C18H21N3O2/c1-11-2-3-13(19)7-15(11)12-6-16-18(20-9-12)17(22)8-14-10-23-5-4-21(14)16/h2-3,6-7,9,14,17,22H,4-5,8,10,19H2,1H3/t14-,17-/m0/s1. The molecule has 1 aromatic heterocycles. The Morgan fingerprint density at radius 2 is 2.22 bits per heavy atom. The lowest BCUT2D eigenvalue weighted by Gasteiger charge is -2.43. The Morgan fingerprint density at radius 1 is 1.35 bits per heavy atom. The van der Waals surface area contributed by atoms with Gasteiger partial charge in [0.2, 0.25) is 0 Å². The summed E-state index contributed by atoms with van der Waals surface area (Å²) in [6, 6.07) is 8.27. The molecule has 23 heavy (non-hydrogen) atoms. The van der Waals surface area contributed by atoms with E-state index in [4.69, 9.17) is 10.5 Å². The van der Waals surface area contributed by atoms with Gasteiger partial charge < -0.3 is 20.5 Å². The van der Waals surface area contributed by atoms with Crippen molar-refractivity contribution < 1.29 is 9.84 Å². The summed E-state index contributed by atoms with van der Waals surface area (Å²) in [6.45, 7) is 4.29. The van der Waals surface area contributed by atoms with E-state index in [1.54, 1.807) is 0 Å². The zero-order chi connectivity index (χ0) is 16.0. The van der Waals surface area contributed by atoms with Crippen molar-refractivity contribution >= 4 is 11.4 Å². The summed E-state index contributed by atoms with van der Waals surface area (Å²) in [7, 11) is 0. The Hall–Kier alpha value is -2.11. The van der Waals surface area contributed by atoms with Crippen LogP contribution in [-0.4, -0.2) is 35.9 Å². The van der Waals surface area contributed by atoms with Gasteiger partial charge in [0.15, 0.2) is 0 Å². The van der Waals surface area contributed by atoms with E-state index in [9.17, 15) is 5.11 Å². The van der Waals surface area contributed by atoms with Crippen LogP contribution in [0, 0.1) is 6.92 Å². The molecule has 0 aliphatic carbocycles. The molecule has 1 saturated heterocycles. The van der Waals surface area contributed by atoms with Crippen LogP contribution in [0.1, 0.15) is 23.8 Å². The van der Waals surface area contributed by atoms with Crippen molar-refractivity contribution in [2.75, 3.05) is 30.4 Å². The summed E-state index contributed by atoms with van der Waals surface area (Å²) in [5, 5.41) is 10.4. The number of aryl methyl sites for hydroxylation is 1. The third kappa shape index (κ3) is 2.46. The number of rotatable bonds is 1. The fourth-order valence-corrected chi connectivity index (χ4v) is 3.59. The largest absolute Gasteiger partial charge is 0.399 e. The lowest BCUT2D eigenvalue weighted by Crippen LogP contribution is -2.49. The van der Waals surface area contributed by atoms with Crippen molar-refractivity contribution in [3.05, 3.63) is 41.7 Å². The Kier molecular flexibility index (Phi) is 3.47. The molecule has 4 rings (SSSR count). The number of fused-ring (bicyclic) bond motifs is 3. The van der Waals surface area contributed by atoms with Gasteiger partial charge in [-0.3, -0.25) is 4.98 Å². The van der Waals surface area contributed by atoms with Gasteiger partial charge in [0, 0.05) is 30.4 Å². The normalized spacial score (nSPS) is 23.3. The minimum absolute atomic E-state index is 0.227. The van der Waals surface area contributed by atoms with Gasteiger partial charge in [0.25, 0.3) is 0 Å². The highest BCUT2D eigenvalue weighted by atomic mass is 16.5. The molecule has 2 atom stereocenters. The quantitative estimate of drug-likeness (QED) is 0.791. The highest BCUT2D eigenvalue weighted by molar-refractivity contribution is 5.74. The summed E-state index contributed by atoms with van der Waals surface area (Å²) in [4.78, 5) is 6.89. The first kappa shape index (κ1) is 14.5. The monoisotopic (exact) mass is 311 g/mol. The third-order valence-corrected chi connectivity index (χ3v) is 4.82. The van der Waals surface area contributed by atoms with Crippen molar-refractivity contribution in [2.45, 2.75) is 25.5 Å². The van der Waals surface area contributed by atoms with E-state index in [-0.39, 0.29) is 6.04 Å². The van der Waals surface area contributed by atoms with Crippen LogP contribution in [0.25, 0.3) is 11.1 Å². The lowest BCUT2D eigenvalue weighted by molar-refractivity contribution is 0.0597. The van der Waals surface area contributed by atoms with Crippen molar-refractivity contribution in [2.24, 2.45) is 0 Å². The molecule has 0 unspecified atom stereocenters. The number of hydrogen-bond acceptors (Lipinski definition) is 5. The van der Waals surface area contributed by atoms with Gasteiger partial charge in [0.1, 0.15) is 6.10 Å². The Balaban J connectivity index is 1.82. The fourth-order valence-electron chi connectivity index (χ4n) is 3.59. The maximum atomic E-state index is 10.4. The van der Waals surface area contributed by atoms with Crippen molar-refractivity contribution in [1.82, 2.24) is 4.98 Å². The van der Waals surface area contributed by atoms with Crippen molar-refractivity contribution in [1.29, 1.82) is 0 Å². The second kappa shape index (κ2) is 5.51. The van der Waals surface area contributed by atoms with E-state index >= 15 is 0 Å². The molecule has 5 heteroatoms. The number of nitrogens with two attached hydrogens (primary N) is 1. The number of morpholine rings is 1. The second-order valence-corrected chi connectivity index (χ2v) is 6.38. The van der Waals surface area contributed by atoms with Gasteiger partial charge in [-0.1, -0.05) is 6.07 Å². The summed E-state index contributed by atoms with van der Waals surface area (Å²) >= 11 is 0. The SMILES string of the molecule is Cc1ccc(N)cc1-c1cnc2c(c1)N1CCOC[C@@H]1C[C@@H]2O. The molecule has 2 aliphatic rings. The van der Waals surface area contributed by atoms with E-state index in [2.05, 4.69) is 22.9 Å². The number of aliphatic hydroxyl groups excluding tert-OH is 1. The number of ether oxygens (including phenoxy) is 1. The molecule has 0 bridgehead atoms. The maximum Gasteiger partial charge on any atom is 0.100 e. The zero-order valence-corrected chi connectivity index (χ0v) is 13.2. The highest BCUT2D eigenvalue weighted by Gasteiger charge is 2.34. The third-order valence-electron chi connectivity index (χ3n) is 4.82. The zero-order valence-electron chi connectivity index (χ0n) is 13.2. The second-order valence-electron chi connectivity index (χ2n) is 6.38. The summed E-state index contributed by atoms with van der Waals surface area (Å²) in [5.41, 5.74) is 11.8. The molecule has 0 radical (unpaired) electrons. The minimum Gasteiger partial charge on any atom is -0.399 e. The van der Waals surface area contributed by atoms with Crippen LogP contribution in [0.5, 0.6) is 0 Å². The highest BCUT2D eigenvalue weighted by Crippen LogP contribution is 2.39. The first-order valence-corrected chi connectivity index (χ1v) is 8.02. The summed E-state index contributed by atoms with van der Waals surface area (Å²) in [6.07, 6.45) is 1.99. The molecule has 3 N–H and O–H groups in total. The maximum absolute atomic E-state index is 10.4. The van der Waals surface area contributed by atoms with Gasteiger partial charge in [-0.2, -0.15) is 0 Å². The number of aliphatic hydroxyl groups is 1. The molecule has 3 heterocycles. The number of nitrogens with zero attached hydrogens (tertiary/aromatic N) is 2. The molecule has 1 fully saturated rings. The van der Waals surface area contributed by atoms with Crippen LogP contribution in [0.3, 0.4) is 0 Å². The average Bonchev–Trinajstić information content (AvgIpc) is 2.57. The molecule has 0 saturated carbocycles. The molecule has 0 spiro atoms. The van der Waals surface area contributed by atoms with Crippen LogP contribution in [-0.2, 0) is 4.74 Å². The van der Waals surface area contributed by atoms with E-state index in [1.807, 2.05) is 24.4 Å². The molecular weight excluding hydrogens is 290 g/mol. The van der Waals surface area contributed by atoms with E-state index in [1.165, 1.54) is 0 Å². The van der Waals surface area contributed by atoms with Gasteiger partial charge in [-0.25, -0.2) is 0 Å². The van der Waals surface area contributed by atoms with Crippen LogP contribution in [0.15, 0.2) is 30.5 Å². The average molecular weight is 311 g/mol. The van der Waals surface area contributed by atoms with Crippen LogP contribution in [0.2, 0.25) is 0 Å². The molecule has 5 nitrogen and oxygen atoms in total. The number of hydrogen-bond donors (Lipinski definition) is 2. The Labute approximate surface area is 135 Å². The van der Waals surface area contributed by atoms with E-state index in [0.717, 1.165) is 40.3 Å². The number of aromatic nitrogens is 1. The smallest absolute Gasteiger partial charge is 0.100 e. The molecule has 120 valence electrons. The van der Waals surface area contributed by atoms with Crippen molar-refractivity contribution in [3.63, 3.8) is 0 Å². The van der Waals surface area contributed by atoms with Gasteiger partial charge in [-0.15, -0.1) is 0 Å². The molecule has 1 aromatic carbocycles. The summed E-state index contributed by atoms with van der Waals surface area (Å²) < 4.78 is 5.56. The number of nitrogen functional groups attached to an aromatic ring is 1. The number of pyridine rings is 1. The fraction of sp³-hybridized carbons (Fsp3) is 0.389. The lowest BCUT2D eigenvalue weighted by atomic mass is 9.94. The predicted molar refractivity (Wildman–Crippen MR) is 90.4 cm³/mol. The summed E-state index contributed by atoms with van der Waals surface area (Å²) in [5.74, 6) is 0. The molecule has 2 aliphatic heterocycles. The first-order valence-electron chi connectivity index (χ1n) is 8.02. The first-order chi connectivity index (χ1) is 11.1. The molecular formula is C18H21N3O2. The van der Waals surface area contributed by atoms with Crippen LogP contribution >= 0.6 is 0 Å². The number of benzene rings is 1. The molecule has 0 amide bonds. The van der Waals surface area contributed by atoms with Crippen LogP contribution < -0.4 is 10.6 Å². The van der Waals surface area contributed by atoms with Crippen molar-refractivity contribution in [3.8, 4) is 11.1 Å². The van der Waals surface area contributed by atoms with E-state index in [0.29, 0.717) is 19.6 Å². The Bertz CT molecular complexity index is 747. The Morgan fingerprint density at radius 3 is 3.09 bits per heavy atom. The van der Waals surface area contributed by atoms with Crippen LogP contribution in [0.4, 0.5) is 11.4 Å². The van der Waals surface area contributed by atoms with Gasteiger partial charge in [-0.05, 0) is 36.2 Å². The number of anilines is 2. The predicted octanol–water partition coefficient (Wildman–Crippen LogP) is 2.28. The molecule has 2 aromatic rings. The van der Waals surface area contributed by atoms with Gasteiger partial charge >= 0.3 is 0 Å².